The van der Waals surface area contributed by atoms with Gasteiger partial charge in [-0.1, -0.05) is 12.8 Å². The number of carbonyl (C=O) groups is 3. The normalized spacial score (nSPS) is 24.0. The molecule has 2 fully saturated rings. The Hall–Kier alpha value is -1.79. The van der Waals surface area contributed by atoms with Crippen molar-refractivity contribution in [2.45, 2.75) is 57.0 Å². The molecule has 3 N–H and O–H groups in total. The van der Waals surface area contributed by atoms with E-state index >= 15 is 0 Å². The molecule has 1 heterocycles. The highest BCUT2D eigenvalue weighted by molar-refractivity contribution is 5.86. The largest absolute Gasteiger partial charge is 0.481 e. The van der Waals surface area contributed by atoms with E-state index in [1.54, 1.807) is 4.90 Å². The summed E-state index contributed by atoms with van der Waals surface area (Å²) in [5, 5.41) is 20.1. The summed E-state index contributed by atoms with van der Waals surface area (Å²) in [6.07, 6.45) is 5.88. The number of nitrogens with zero attached hydrogens (tertiary/aromatic N) is 1. The Bertz CT molecular complexity index is 420. The number of carboxylic acid groups (broad SMARTS) is 2. The summed E-state index contributed by atoms with van der Waals surface area (Å²) in [4.78, 5) is 35.7. The summed E-state index contributed by atoms with van der Waals surface area (Å²) in [5.74, 6) is -2.06. The number of rotatable bonds is 5. The molecule has 1 aliphatic carbocycles. The Labute approximate surface area is 123 Å². The average Bonchev–Trinajstić information content (AvgIpc) is 3.07. The van der Waals surface area contributed by atoms with Gasteiger partial charge in [0, 0.05) is 12.6 Å². The Morgan fingerprint density at radius 3 is 2.33 bits per heavy atom. The van der Waals surface area contributed by atoms with E-state index in [-0.39, 0.29) is 6.04 Å². The molecular weight excluding hydrogens is 276 g/mol. The molecule has 1 unspecified atom stereocenters. The summed E-state index contributed by atoms with van der Waals surface area (Å²) in [6, 6.07) is -1.65. The Balaban J connectivity index is 1.97. The van der Waals surface area contributed by atoms with Crippen LogP contribution in [0.5, 0.6) is 0 Å². The third-order valence-electron chi connectivity index (χ3n) is 4.48. The van der Waals surface area contributed by atoms with Crippen LogP contribution in [0.4, 0.5) is 4.79 Å². The van der Waals surface area contributed by atoms with Crippen LogP contribution in [0, 0.1) is 5.92 Å². The minimum atomic E-state index is -1.38. The van der Waals surface area contributed by atoms with Gasteiger partial charge in [0.1, 0.15) is 6.04 Å². The van der Waals surface area contributed by atoms with Crippen LogP contribution in [0.1, 0.15) is 44.9 Å². The van der Waals surface area contributed by atoms with Gasteiger partial charge in [-0.3, -0.25) is 4.79 Å². The van der Waals surface area contributed by atoms with Gasteiger partial charge in [-0.25, -0.2) is 9.59 Å². The van der Waals surface area contributed by atoms with E-state index in [1.807, 2.05) is 0 Å². The summed E-state index contributed by atoms with van der Waals surface area (Å²) in [7, 11) is 0. The number of carbonyl (C=O) groups excluding carboxylic acids is 1. The zero-order valence-corrected chi connectivity index (χ0v) is 12.0. The van der Waals surface area contributed by atoms with Crippen LogP contribution >= 0.6 is 0 Å². The van der Waals surface area contributed by atoms with Crippen LogP contribution in [0.25, 0.3) is 0 Å². The van der Waals surface area contributed by atoms with Gasteiger partial charge >= 0.3 is 18.0 Å². The van der Waals surface area contributed by atoms with Crippen molar-refractivity contribution in [3.8, 4) is 0 Å². The highest BCUT2D eigenvalue weighted by Crippen LogP contribution is 2.35. The summed E-state index contributed by atoms with van der Waals surface area (Å²) in [6.45, 7) is 0.617. The number of hydrogen-bond acceptors (Lipinski definition) is 3. The monoisotopic (exact) mass is 298 g/mol. The van der Waals surface area contributed by atoms with Crippen molar-refractivity contribution in [2.75, 3.05) is 6.54 Å². The first-order chi connectivity index (χ1) is 9.99. The number of aliphatic carboxylic acids is 2. The lowest BCUT2D eigenvalue weighted by molar-refractivity contribution is -0.145. The van der Waals surface area contributed by atoms with Crippen LogP contribution in [0.2, 0.25) is 0 Å². The smallest absolute Gasteiger partial charge is 0.326 e. The Kier molecular flexibility index (Phi) is 5.03. The molecule has 0 spiro atoms. The van der Waals surface area contributed by atoms with Crippen LogP contribution in [0.15, 0.2) is 0 Å². The van der Waals surface area contributed by atoms with Crippen molar-refractivity contribution >= 4 is 18.0 Å². The SMILES string of the molecule is O=C(O)C[C@@H](NC(=O)N1CCCC1C1CCCC1)C(=O)O. The Morgan fingerprint density at radius 2 is 1.76 bits per heavy atom. The van der Waals surface area contributed by atoms with Crippen molar-refractivity contribution in [1.29, 1.82) is 0 Å². The van der Waals surface area contributed by atoms with Gasteiger partial charge in [0.25, 0.3) is 0 Å². The molecule has 2 rings (SSSR count). The van der Waals surface area contributed by atoms with Crippen molar-refractivity contribution in [3.63, 3.8) is 0 Å². The molecule has 1 saturated heterocycles. The molecule has 0 aromatic rings. The van der Waals surface area contributed by atoms with E-state index < -0.39 is 30.4 Å². The molecule has 0 aromatic carbocycles. The van der Waals surface area contributed by atoms with Gasteiger partial charge < -0.3 is 20.4 Å². The van der Waals surface area contributed by atoms with Crippen LogP contribution in [-0.4, -0.2) is 51.7 Å². The lowest BCUT2D eigenvalue weighted by Gasteiger charge is -2.30. The molecule has 2 amide bonds. The molecule has 0 aromatic heterocycles. The van der Waals surface area contributed by atoms with Crippen LogP contribution in [0.3, 0.4) is 0 Å². The molecule has 1 aliphatic heterocycles. The minimum absolute atomic E-state index is 0.173. The zero-order valence-electron chi connectivity index (χ0n) is 12.0. The average molecular weight is 298 g/mol. The predicted octanol–water partition coefficient (Wildman–Crippen LogP) is 1.28. The Morgan fingerprint density at radius 1 is 1.10 bits per heavy atom. The molecular formula is C14H22N2O5. The van der Waals surface area contributed by atoms with E-state index in [4.69, 9.17) is 10.2 Å². The van der Waals surface area contributed by atoms with Crippen LogP contribution in [-0.2, 0) is 9.59 Å². The number of carboxylic acids is 2. The van der Waals surface area contributed by atoms with E-state index in [2.05, 4.69) is 5.32 Å². The third-order valence-corrected chi connectivity index (χ3v) is 4.48. The van der Waals surface area contributed by atoms with E-state index in [0.717, 1.165) is 25.7 Å². The second-order valence-corrected chi connectivity index (χ2v) is 5.89. The zero-order chi connectivity index (χ0) is 15.4. The first kappa shape index (κ1) is 15.6. The minimum Gasteiger partial charge on any atom is -0.481 e. The molecule has 1 saturated carbocycles. The van der Waals surface area contributed by atoms with Gasteiger partial charge in [0.2, 0.25) is 0 Å². The number of hydrogen-bond donors (Lipinski definition) is 3. The fourth-order valence-electron chi connectivity index (χ4n) is 3.48. The quantitative estimate of drug-likeness (QED) is 0.708. The molecule has 2 aliphatic rings. The third kappa shape index (κ3) is 3.86. The molecule has 7 heteroatoms. The fourth-order valence-corrected chi connectivity index (χ4v) is 3.48. The van der Waals surface area contributed by atoms with Crippen molar-refractivity contribution in [3.05, 3.63) is 0 Å². The summed E-state index contributed by atoms with van der Waals surface area (Å²) in [5.41, 5.74) is 0. The molecule has 7 nitrogen and oxygen atoms in total. The summed E-state index contributed by atoms with van der Waals surface area (Å²) >= 11 is 0. The fraction of sp³-hybridized carbons (Fsp3) is 0.786. The number of likely N-dealkylation sites (tertiary alicyclic amines) is 1. The lowest BCUT2D eigenvalue weighted by atomic mass is 9.96. The standard InChI is InChI=1S/C14H22N2O5/c17-12(18)8-10(13(19)20)15-14(21)16-7-3-6-11(16)9-4-1-2-5-9/h9-11H,1-8H2,(H,15,21)(H,17,18)(H,19,20)/t10-,11?/m1/s1. The molecule has 118 valence electrons. The highest BCUT2D eigenvalue weighted by atomic mass is 16.4. The molecule has 2 atom stereocenters. The molecule has 21 heavy (non-hydrogen) atoms. The number of nitrogens with one attached hydrogen (secondary N) is 1. The number of amides is 2. The topological polar surface area (TPSA) is 107 Å². The van der Waals surface area contributed by atoms with Gasteiger partial charge in [-0.05, 0) is 31.6 Å². The van der Waals surface area contributed by atoms with E-state index in [0.29, 0.717) is 12.5 Å². The first-order valence-electron chi connectivity index (χ1n) is 7.50. The lowest BCUT2D eigenvalue weighted by Crippen LogP contribution is -2.51. The van der Waals surface area contributed by atoms with E-state index in [1.165, 1.54) is 12.8 Å². The maximum absolute atomic E-state index is 12.3. The number of urea groups is 1. The van der Waals surface area contributed by atoms with Crippen molar-refractivity contribution < 1.29 is 24.6 Å². The second-order valence-electron chi connectivity index (χ2n) is 5.89. The maximum Gasteiger partial charge on any atom is 0.326 e. The molecule has 0 radical (unpaired) electrons. The second kappa shape index (κ2) is 6.78. The van der Waals surface area contributed by atoms with Crippen LogP contribution < -0.4 is 5.32 Å². The van der Waals surface area contributed by atoms with Gasteiger partial charge in [-0.15, -0.1) is 0 Å². The van der Waals surface area contributed by atoms with E-state index in [9.17, 15) is 14.4 Å². The first-order valence-corrected chi connectivity index (χ1v) is 7.50. The van der Waals surface area contributed by atoms with Crippen molar-refractivity contribution in [2.24, 2.45) is 5.92 Å². The van der Waals surface area contributed by atoms with Gasteiger partial charge in [-0.2, -0.15) is 0 Å². The predicted molar refractivity (Wildman–Crippen MR) is 73.9 cm³/mol. The maximum atomic E-state index is 12.3. The van der Waals surface area contributed by atoms with Crippen molar-refractivity contribution in [1.82, 2.24) is 10.2 Å². The van der Waals surface area contributed by atoms with Gasteiger partial charge in [0.05, 0.1) is 6.42 Å². The van der Waals surface area contributed by atoms with Gasteiger partial charge in [0.15, 0.2) is 0 Å². The highest BCUT2D eigenvalue weighted by Gasteiger charge is 2.37. The molecule has 0 bridgehead atoms. The summed E-state index contributed by atoms with van der Waals surface area (Å²) < 4.78 is 0.